The lowest BCUT2D eigenvalue weighted by molar-refractivity contribution is 0.0986. The quantitative estimate of drug-likeness (QED) is 0.777. The van der Waals surface area contributed by atoms with Gasteiger partial charge in [-0.3, -0.25) is 4.79 Å². The lowest BCUT2D eigenvalue weighted by atomic mass is 10.2. The summed E-state index contributed by atoms with van der Waals surface area (Å²) < 4.78 is 10.7. The highest BCUT2D eigenvalue weighted by molar-refractivity contribution is 5.94. The average molecular weight is 208 g/mol. The maximum Gasteiger partial charge on any atom is 0.254 e. The van der Waals surface area contributed by atoms with Gasteiger partial charge in [-0.2, -0.15) is 0 Å². The van der Waals surface area contributed by atoms with E-state index in [9.17, 15) is 4.79 Å². The Balaban J connectivity index is 2.15. The van der Waals surface area contributed by atoms with Gasteiger partial charge in [0, 0.05) is 12.6 Å². The second-order valence-corrected chi connectivity index (χ2v) is 3.32. The van der Waals surface area contributed by atoms with Crippen LogP contribution in [0.3, 0.4) is 0 Å². The Morgan fingerprint density at radius 1 is 1.67 bits per heavy atom. The molecule has 1 amide bonds. The van der Waals surface area contributed by atoms with Gasteiger partial charge in [-0.15, -0.1) is 0 Å². The summed E-state index contributed by atoms with van der Waals surface area (Å²) in [7, 11) is 0. The molecule has 5 heteroatoms. The van der Waals surface area contributed by atoms with Crippen molar-refractivity contribution in [3.63, 3.8) is 0 Å². The van der Waals surface area contributed by atoms with Crippen LogP contribution in [-0.2, 0) is 4.74 Å². The van der Waals surface area contributed by atoms with Crippen LogP contribution in [-0.4, -0.2) is 30.2 Å². The van der Waals surface area contributed by atoms with E-state index in [1.807, 2.05) is 0 Å². The molecule has 2 heterocycles. The molecule has 1 saturated heterocycles. The van der Waals surface area contributed by atoms with E-state index in [4.69, 9.17) is 15.2 Å². The number of carbonyl (C=O) groups excluding carboxylic acids is 1. The fraction of sp³-hybridized carbons (Fsp3) is 0.400. The van der Waals surface area contributed by atoms with Crippen LogP contribution in [0, 0.1) is 0 Å². The highest BCUT2D eigenvalue weighted by atomic mass is 16.5. The zero-order valence-corrected chi connectivity index (χ0v) is 8.18. The molecule has 0 radical (unpaired) electrons. The van der Waals surface area contributed by atoms with Crippen LogP contribution < -0.4 is 10.5 Å². The molecule has 0 bridgehead atoms. The van der Waals surface area contributed by atoms with E-state index in [0.717, 1.165) is 6.42 Å². The van der Waals surface area contributed by atoms with Crippen molar-refractivity contribution in [1.82, 2.24) is 4.98 Å². The number of carbonyl (C=O) groups is 1. The van der Waals surface area contributed by atoms with Crippen LogP contribution in [0.4, 0.5) is 0 Å². The molecule has 1 aromatic rings. The molecule has 1 aromatic heterocycles. The number of primary amides is 1. The molecule has 0 spiro atoms. The number of ether oxygens (including phenoxy) is 2. The molecule has 0 saturated carbocycles. The van der Waals surface area contributed by atoms with Crippen molar-refractivity contribution >= 4 is 5.91 Å². The number of hydrogen-bond donors (Lipinski definition) is 1. The Hall–Kier alpha value is -1.62. The first kappa shape index (κ1) is 9.92. The molecule has 80 valence electrons. The van der Waals surface area contributed by atoms with Crippen molar-refractivity contribution < 1.29 is 14.3 Å². The first-order valence-corrected chi connectivity index (χ1v) is 4.76. The second kappa shape index (κ2) is 4.27. The lowest BCUT2D eigenvalue weighted by Crippen LogP contribution is -2.20. The largest absolute Gasteiger partial charge is 0.471 e. The summed E-state index contributed by atoms with van der Waals surface area (Å²) in [5.74, 6) is -0.238. The zero-order chi connectivity index (χ0) is 10.7. The summed E-state index contributed by atoms with van der Waals surface area (Å²) in [5.41, 5.74) is 5.51. The Labute approximate surface area is 87.2 Å². The fourth-order valence-electron chi connectivity index (χ4n) is 1.44. The van der Waals surface area contributed by atoms with Gasteiger partial charge < -0.3 is 15.2 Å². The van der Waals surface area contributed by atoms with Gasteiger partial charge >= 0.3 is 0 Å². The predicted octanol–water partition coefficient (Wildman–Crippen LogP) is 0.348. The minimum atomic E-state index is -0.531. The molecule has 5 nitrogen and oxygen atoms in total. The van der Waals surface area contributed by atoms with Crippen LogP contribution in [0.2, 0.25) is 0 Å². The van der Waals surface area contributed by atoms with E-state index in [1.165, 1.54) is 0 Å². The normalized spacial score (nSPS) is 20.1. The number of pyridine rings is 1. The molecule has 1 aliphatic heterocycles. The number of nitrogens with two attached hydrogens (primary N) is 1. The van der Waals surface area contributed by atoms with Crippen LogP contribution in [0.1, 0.15) is 16.8 Å². The van der Waals surface area contributed by atoms with Gasteiger partial charge in [-0.1, -0.05) is 0 Å². The predicted molar refractivity (Wildman–Crippen MR) is 52.6 cm³/mol. The Morgan fingerprint density at radius 3 is 3.20 bits per heavy atom. The molecule has 1 atom stereocenters. The minimum Gasteiger partial charge on any atom is -0.471 e. The van der Waals surface area contributed by atoms with Gasteiger partial charge in [0.1, 0.15) is 11.7 Å². The van der Waals surface area contributed by atoms with Gasteiger partial charge in [0.15, 0.2) is 0 Å². The van der Waals surface area contributed by atoms with E-state index in [-0.39, 0.29) is 6.10 Å². The molecular weight excluding hydrogens is 196 g/mol. The molecule has 1 unspecified atom stereocenters. The number of aromatic nitrogens is 1. The standard InChI is InChI=1S/C10H12N2O3/c11-9(13)8-2-1-4-12-10(8)15-7-3-5-14-6-7/h1-2,4,7H,3,5-6H2,(H2,11,13). The number of hydrogen-bond acceptors (Lipinski definition) is 4. The van der Waals surface area contributed by atoms with Gasteiger partial charge in [0.25, 0.3) is 5.91 Å². The molecule has 1 aliphatic rings. The summed E-state index contributed by atoms with van der Waals surface area (Å²) in [6, 6.07) is 3.25. The average Bonchev–Trinajstić information content (AvgIpc) is 2.71. The van der Waals surface area contributed by atoms with Crippen molar-refractivity contribution in [3.8, 4) is 5.88 Å². The second-order valence-electron chi connectivity index (χ2n) is 3.32. The minimum absolute atomic E-state index is 0.0296. The Kier molecular flexibility index (Phi) is 2.82. The zero-order valence-electron chi connectivity index (χ0n) is 8.18. The first-order valence-electron chi connectivity index (χ1n) is 4.76. The lowest BCUT2D eigenvalue weighted by Gasteiger charge is -2.12. The van der Waals surface area contributed by atoms with E-state index < -0.39 is 5.91 Å². The maximum absolute atomic E-state index is 11.1. The summed E-state index contributed by atoms with van der Waals surface area (Å²) in [6.07, 6.45) is 2.35. The molecular formula is C10H12N2O3. The molecule has 0 aromatic carbocycles. The third-order valence-electron chi connectivity index (χ3n) is 2.20. The Morgan fingerprint density at radius 2 is 2.53 bits per heavy atom. The number of amides is 1. The highest BCUT2D eigenvalue weighted by Crippen LogP contribution is 2.18. The van der Waals surface area contributed by atoms with Crippen LogP contribution in [0.15, 0.2) is 18.3 Å². The van der Waals surface area contributed by atoms with Crippen molar-refractivity contribution in [3.05, 3.63) is 23.9 Å². The summed E-state index contributed by atoms with van der Waals surface area (Å²) in [6.45, 7) is 1.22. The number of rotatable bonds is 3. The third-order valence-corrected chi connectivity index (χ3v) is 2.20. The molecule has 0 aliphatic carbocycles. The molecule has 1 fully saturated rings. The van der Waals surface area contributed by atoms with E-state index in [0.29, 0.717) is 24.7 Å². The van der Waals surface area contributed by atoms with E-state index in [2.05, 4.69) is 4.98 Å². The smallest absolute Gasteiger partial charge is 0.254 e. The summed E-state index contributed by atoms with van der Waals surface area (Å²) in [4.78, 5) is 15.1. The van der Waals surface area contributed by atoms with Crippen molar-refractivity contribution in [2.75, 3.05) is 13.2 Å². The Bertz CT molecular complexity index is 361. The van der Waals surface area contributed by atoms with Crippen LogP contribution in [0.5, 0.6) is 5.88 Å². The maximum atomic E-state index is 11.1. The van der Waals surface area contributed by atoms with E-state index >= 15 is 0 Å². The first-order chi connectivity index (χ1) is 7.27. The van der Waals surface area contributed by atoms with Crippen LogP contribution >= 0.6 is 0 Å². The van der Waals surface area contributed by atoms with Gasteiger partial charge in [0.2, 0.25) is 5.88 Å². The SMILES string of the molecule is NC(=O)c1cccnc1OC1CCOC1. The van der Waals surface area contributed by atoms with Crippen molar-refractivity contribution in [2.24, 2.45) is 5.73 Å². The van der Waals surface area contributed by atoms with Gasteiger partial charge in [0.05, 0.1) is 13.2 Å². The van der Waals surface area contributed by atoms with Gasteiger partial charge in [-0.05, 0) is 12.1 Å². The monoisotopic (exact) mass is 208 g/mol. The molecule has 15 heavy (non-hydrogen) atoms. The molecule has 2 N–H and O–H groups in total. The topological polar surface area (TPSA) is 74.4 Å². The van der Waals surface area contributed by atoms with Crippen molar-refractivity contribution in [2.45, 2.75) is 12.5 Å². The summed E-state index contributed by atoms with van der Waals surface area (Å²) >= 11 is 0. The van der Waals surface area contributed by atoms with Crippen LogP contribution in [0.25, 0.3) is 0 Å². The molecule has 2 rings (SSSR count). The number of nitrogens with zero attached hydrogens (tertiary/aromatic N) is 1. The van der Waals surface area contributed by atoms with Crippen molar-refractivity contribution in [1.29, 1.82) is 0 Å². The van der Waals surface area contributed by atoms with Gasteiger partial charge in [-0.25, -0.2) is 4.98 Å². The highest BCUT2D eigenvalue weighted by Gasteiger charge is 2.20. The van der Waals surface area contributed by atoms with E-state index in [1.54, 1.807) is 18.3 Å². The summed E-state index contributed by atoms with van der Waals surface area (Å²) in [5, 5.41) is 0. The third kappa shape index (κ3) is 2.24. The fourth-order valence-corrected chi connectivity index (χ4v) is 1.44.